The van der Waals surface area contributed by atoms with Crippen molar-refractivity contribution in [2.75, 3.05) is 13.2 Å². The Labute approximate surface area is 232 Å². The summed E-state index contributed by atoms with van der Waals surface area (Å²) < 4.78 is 7.11. The molecule has 4 rings (SSSR count). The third-order valence-corrected chi connectivity index (χ3v) is 8.06. The van der Waals surface area contributed by atoms with Crippen LogP contribution in [-0.2, 0) is 16.1 Å². The molecule has 0 aliphatic heterocycles. The van der Waals surface area contributed by atoms with E-state index in [1.54, 1.807) is 11.0 Å². The third kappa shape index (κ3) is 7.33. The molecular formula is C29H35IN2O5. The van der Waals surface area contributed by atoms with Gasteiger partial charge in [-0.25, -0.2) is 0 Å². The molecule has 2 aromatic carbocycles. The minimum Gasteiger partial charge on any atom is -0.482 e. The normalized spacial score (nSPS) is 21.8. The molecule has 0 bridgehead atoms. The maximum Gasteiger partial charge on any atom is 0.247 e. The number of ether oxygens (including phenoxy) is 1. The van der Waals surface area contributed by atoms with Gasteiger partial charge < -0.3 is 25.2 Å². The quantitative estimate of drug-likeness (QED) is 0.352. The molecule has 3 unspecified atom stereocenters. The van der Waals surface area contributed by atoms with Crippen molar-refractivity contribution in [2.45, 2.75) is 63.3 Å². The number of amides is 2. The predicted molar refractivity (Wildman–Crippen MR) is 150 cm³/mol. The number of rotatable bonds is 10. The molecule has 2 aromatic rings. The maximum atomic E-state index is 13.7. The Balaban J connectivity index is 1.65. The van der Waals surface area contributed by atoms with E-state index < -0.39 is 18.2 Å². The number of hydrogen-bond donors (Lipinski definition) is 3. The van der Waals surface area contributed by atoms with Gasteiger partial charge in [0, 0.05) is 31.5 Å². The van der Waals surface area contributed by atoms with Gasteiger partial charge >= 0.3 is 0 Å². The van der Waals surface area contributed by atoms with Gasteiger partial charge in [-0.3, -0.25) is 9.59 Å². The molecule has 0 radical (unpaired) electrons. The van der Waals surface area contributed by atoms with Gasteiger partial charge in [0.25, 0.3) is 0 Å². The lowest BCUT2D eigenvalue weighted by Crippen LogP contribution is -2.55. The highest BCUT2D eigenvalue weighted by Crippen LogP contribution is 2.33. The fraction of sp³-hybridized carbons (Fsp3) is 0.448. The van der Waals surface area contributed by atoms with Gasteiger partial charge in [-0.05, 0) is 65.1 Å². The molecule has 8 heteroatoms. The Morgan fingerprint density at radius 1 is 1.05 bits per heavy atom. The van der Waals surface area contributed by atoms with Crippen LogP contribution in [0.25, 0.3) is 0 Å². The first-order chi connectivity index (χ1) is 18.0. The summed E-state index contributed by atoms with van der Waals surface area (Å²) >= 11 is 2.17. The Morgan fingerprint density at radius 3 is 2.46 bits per heavy atom. The number of benzene rings is 2. The number of para-hydroxylation sites is 1. The summed E-state index contributed by atoms with van der Waals surface area (Å²) in [7, 11) is 0. The molecule has 198 valence electrons. The molecule has 0 heterocycles. The molecule has 3 atom stereocenters. The molecule has 0 spiro atoms. The smallest absolute Gasteiger partial charge is 0.247 e. The van der Waals surface area contributed by atoms with E-state index in [0.717, 1.165) is 34.8 Å². The van der Waals surface area contributed by atoms with Crippen LogP contribution in [0.3, 0.4) is 0 Å². The molecule has 7 nitrogen and oxygen atoms in total. The number of carbonyl (C=O) groups is 2. The van der Waals surface area contributed by atoms with Gasteiger partial charge in [0.15, 0.2) is 0 Å². The zero-order valence-corrected chi connectivity index (χ0v) is 23.0. The van der Waals surface area contributed by atoms with Crippen LogP contribution >= 0.6 is 22.6 Å². The zero-order valence-electron chi connectivity index (χ0n) is 20.9. The van der Waals surface area contributed by atoms with Crippen LogP contribution in [0.2, 0.25) is 0 Å². The summed E-state index contributed by atoms with van der Waals surface area (Å²) in [4.78, 5) is 28.5. The summed E-state index contributed by atoms with van der Waals surface area (Å²) in [6.45, 7) is 0.294. The lowest BCUT2D eigenvalue weighted by Gasteiger charge is -2.41. The van der Waals surface area contributed by atoms with Gasteiger partial charge in [0.2, 0.25) is 11.8 Å². The van der Waals surface area contributed by atoms with E-state index in [4.69, 9.17) is 4.74 Å². The highest BCUT2D eigenvalue weighted by Gasteiger charge is 2.41. The van der Waals surface area contributed by atoms with Crippen LogP contribution in [0.15, 0.2) is 66.2 Å². The lowest BCUT2D eigenvalue weighted by atomic mass is 9.87. The van der Waals surface area contributed by atoms with Gasteiger partial charge in [0.1, 0.15) is 18.0 Å². The fourth-order valence-electron chi connectivity index (χ4n) is 5.22. The summed E-state index contributed by atoms with van der Waals surface area (Å²) in [5.41, 5.74) is 1.40. The van der Waals surface area contributed by atoms with Crippen molar-refractivity contribution < 1.29 is 24.5 Å². The molecule has 2 amide bonds. The van der Waals surface area contributed by atoms with Crippen LogP contribution in [-0.4, -0.2) is 58.3 Å². The minimum absolute atomic E-state index is 0.00939. The van der Waals surface area contributed by atoms with E-state index >= 15 is 0 Å². The predicted octanol–water partition coefficient (Wildman–Crippen LogP) is 3.82. The second-order valence-corrected chi connectivity index (χ2v) is 11.0. The maximum absolute atomic E-state index is 13.7. The van der Waals surface area contributed by atoms with Crippen LogP contribution in [0.5, 0.6) is 5.75 Å². The average molecular weight is 619 g/mol. The molecule has 0 saturated heterocycles. The number of hydrogen-bond acceptors (Lipinski definition) is 5. The van der Waals surface area contributed by atoms with Crippen molar-refractivity contribution in [3.8, 4) is 5.75 Å². The monoisotopic (exact) mass is 618 g/mol. The van der Waals surface area contributed by atoms with Crippen molar-refractivity contribution in [1.29, 1.82) is 0 Å². The molecule has 3 N–H and O–H groups in total. The first-order valence-electron chi connectivity index (χ1n) is 13.0. The number of aliphatic hydroxyl groups excluding tert-OH is 2. The third-order valence-electron chi connectivity index (χ3n) is 7.17. The zero-order chi connectivity index (χ0) is 26.2. The van der Waals surface area contributed by atoms with Gasteiger partial charge in [-0.1, -0.05) is 55.3 Å². The van der Waals surface area contributed by atoms with E-state index in [1.807, 2.05) is 54.6 Å². The summed E-state index contributed by atoms with van der Waals surface area (Å²) in [6.07, 6.45) is 4.83. The summed E-state index contributed by atoms with van der Waals surface area (Å²) in [5.74, 6) is 0.619. The molecule has 2 aliphatic carbocycles. The van der Waals surface area contributed by atoms with Crippen LogP contribution in [0.4, 0.5) is 0 Å². The second-order valence-electron chi connectivity index (χ2n) is 9.81. The standard InChI is InChI=1S/C29H35IN2O5/c30-23-12-6-7-13-25(23)37-26-18-22(29(36)31-14-15-33)17-24(28(26)35)32(19-21-10-2-1-3-11-21)27(34)16-20-8-4-5-9-20/h1-3,6-7,10-13,18,20,24,26,28,33,35H,4-5,8-9,14-17,19H2,(H,31,36). The number of halogens is 1. The molecule has 1 fully saturated rings. The first kappa shape index (κ1) is 27.6. The Hall–Kier alpha value is -2.43. The Kier molecular flexibility index (Phi) is 9.99. The van der Waals surface area contributed by atoms with Gasteiger partial charge in [0.05, 0.1) is 16.2 Å². The average Bonchev–Trinajstić information content (AvgIpc) is 3.42. The SMILES string of the molecule is O=C(NCCO)C1=CC(Oc2ccccc2I)C(O)C(N(Cc2ccccc2)C(=O)CC2CCCC2)C1. The van der Waals surface area contributed by atoms with Crippen LogP contribution < -0.4 is 10.1 Å². The molecule has 1 saturated carbocycles. The fourth-order valence-corrected chi connectivity index (χ4v) is 5.73. The number of aliphatic hydroxyl groups is 2. The Morgan fingerprint density at radius 2 is 1.76 bits per heavy atom. The molecule has 0 aromatic heterocycles. The molecule has 37 heavy (non-hydrogen) atoms. The molecular weight excluding hydrogens is 583 g/mol. The van der Waals surface area contributed by atoms with E-state index in [2.05, 4.69) is 27.9 Å². The Bertz CT molecular complexity index is 1090. The topological polar surface area (TPSA) is 99.1 Å². The van der Waals surface area contributed by atoms with Crippen molar-refractivity contribution in [2.24, 2.45) is 5.92 Å². The van der Waals surface area contributed by atoms with Gasteiger partial charge in [-0.15, -0.1) is 0 Å². The molecule has 2 aliphatic rings. The second kappa shape index (κ2) is 13.4. The van der Waals surface area contributed by atoms with E-state index in [9.17, 15) is 19.8 Å². The van der Waals surface area contributed by atoms with Crippen molar-refractivity contribution in [3.05, 3.63) is 75.4 Å². The number of nitrogens with one attached hydrogen (secondary N) is 1. The van der Waals surface area contributed by atoms with Crippen molar-refractivity contribution in [1.82, 2.24) is 10.2 Å². The lowest BCUT2D eigenvalue weighted by molar-refractivity contribution is -0.140. The van der Waals surface area contributed by atoms with E-state index in [0.29, 0.717) is 30.2 Å². The number of carbonyl (C=O) groups excluding carboxylic acids is 2. The highest BCUT2D eigenvalue weighted by molar-refractivity contribution is 14.1. The van der Waals surface area contributed by atoms with Crippen LogP contribution in [0.1, 0.15) is 44.1 Å². The minimum atomic E-state index is -1.03. The van der Waals surface area contributed by atoms with Crippen molar-refractivity contribution in [3.63, 3.8) is 0 Å². The number of nitrogens with zero attached hydrogens (tertiary/aromatic N) is 1. The first-order valence-corrected chi connectivity index (χ1v) is 14.1. The van der Waals surface area contributed by atoms with Crippen LogP contribution in [0, 0.1) is 9.49 Å². The largest absolute Gasteiger partial charge is 0.482 e. The van der Waals surface area contributed by atoms with E-state index in [1.165, 1.54) is 0 Å². The summed E-state index contributed by atoms with van der Waals surface area (Å²) in [6, 6.07) is 16.6. The summed E-state index contributed by atoms with van der Waals surface area (Å²) in [5, 5.41) is 23.5. The van der Waals surface area contributed by atoms with Crippen molar-refractivity contribution >= 4 is 34.4 Å². The van der Waals surface area contributed by atoms with Gasteiger partial charge in [-0.2, -0.15) is 0 Å². The highest BCUT2D eigenvalue weighted by atomic mass is 127. The van der Waals surface area contributed by atoms with E-state index in [-0.39, 0.29) is 31.4 Å².